The molecule has 1 rings (SSSR count). The average Bonchev–Trinajstić information content (AvgIpc) is 1.77. The summed E-state index contributed by atoms with van der Waals surface area (Å²) in [6, 6.07) is 2.21. The molecule has 10 heavy (non-hydrogen) atoms. The van der Waals surface area contributed by atoms with Crippen molar-refractivity contribution >= 4 is 0 Å². The number of nitriles is 1. The first-order valence-corrected chi connectivity index (χ1v) is 3.66. The zero-order valence-electron chi connectivity index (χ0n) is 6.55. The van der Waals surface area contributed by atoms with Crippen molar-refractivity contribution in [1.82, 2.24) is 0 Å². The summed E-state index contributed by atoms with van der Waals surface area (Å²) in [6.07, 6.45) is 0.644. The van der Waals surface area contributed by atoms with Gasteiger partial charge in [0.25, 0.3) is 0 Å². The molecule has 56 valence electrons. The number of hydrogen-bond acceptors (Lipinski definition) is 2. The molecule has 1 heterocycles. The second-order valence-electron chi connectivity index (χ2n) is 3.34. The molecule has 0 spiro atoms. The van der Waals surface area contributed by atoms with Gasteiger partial charge in [-0.2, -0.15) is 5.26 Å². The fraction of sp³-hybridized carbons (Fsp3) is 0.875. The van der Waals surface area contributed by atoms with Crippen molar-refractivity contribution in [2.45, 2.75) is 20.3 Å². The Labute approximate surface area is 61.8 Å². The van der Waals surface area contributed by atoms with Crippen LogP contribution in [-0.4, -0.2) is 13.2 Å². The van der Waals surface area contributed by atoms with E-state index in [1.807, 2.05) is 0 Å². The third-order valence-corrected chi connectivity index (χ3v) is 2.43. The maximum absolute atomic E-state index is 8.51. The molecule has 1 aliphatic heterocycles. The van der Waals surface area contributed by atoms with Crippen LogP contribution in [0.5, 0.6) is 0 Å². The van der Waals surface area contributed by atoms with Crippen molar-refractivity contribution in [2.75, 3.05) is 13.2 Å². The van der Waals surface area contributed by atoms with Gasteiger partial charge in [-0.3, -0.25) is 0 Å². The highest BCUT2D eigenvalue weighted by Gasteiger charge is 2.41. The largest absolute Gasteiger partial charge is 0.380 e. The highest BCUT2D eigenvalue weighted by molar-refractivity contribution is 4.95. The van der Waals surface area contributed by atoms with E-state index in [0.29, 0.717) is 12.3 Å². The smallest absolute Gasteiger partial charge is 0.0629 e. The van der Waals surface area contributed by atoms with Gasteiger partial charge in [-0.05, 0) is 5.92 Å². The summed E-state index contributed by atoms with van der Waals surface area (Å²) in [6.45, 7) is 5.86. The summed E-state index contributed by atoms with van der Waals surface area (Å²) >= 11 is 0. The maximum atomic E-state index is 8.51. The predicted octanol–water partition coefficient (Wildman–Crippen LogP) is 1.57. The molecule has 0 atom stereocenters. The topological polar surface area (TPSA) is 33.0 Å². The van der Waals surface area contributed by atoms with Gasteiger partial charge in [0.2, 0.25) is 0 Å². The average molecular weight is 139 g/mol. The van der Waals surface area contributed by atoms with E-state index in [9.17, 15) is 0 Å². The van der Waals surface area contributed by atoms with Crippen LogP contribution < -0.4 is 0 Å². The first-order valence-electron chi connectivity index (χ1n) is 3.66. The van der Waals surface area contributed by atoms with Gasteiger partial charge in [0.15, 0.2) is 0 Å². The Morgan fingerprint density at radius 1 is 1.60 bits per heavy atom. The van der Waals surface area contributed by atoms with Crippen molar-refractivity contribution < 1.29 is 4.74 Å². The van der Waals surface area contributed by atoms with Crippen molar-refractivity contribution in [1.29, 1.82) is 5.26 Å². The third-order valence-electron chi connectivity index (χ3n) is 2.43. The molecule has 0 radical (unpaired) electrons. The monoisotopic (exact) mass is 139 g/mol. The summed E-state index contributed by atoms with van der Waals surface area (Å²) in [5.41, 5.74) is 0.189. The fourth-order valence-electron chi connectivity index (χ4n) is 1.16. The zero-order chi connectivity index (χ0) is 7.61. The van der Waals surface area contributed by atoms with Crippen molar-refractivity contribution in [3.8, 4) is 6.07 Å². The minimum absolute atomic E-state index is 0.189. The Morgan fingerprint density at radius 2 is 2.20 bits per heavy atom. The van der Waals surface area contributed by atoms with E-state index in [0.717, 1.165) is 13.2 Å². The first-order chi connectivity index (χ1) is 4.71. The lowest BCUT2D eigenvalue weighted by molar-refractivity contribution is -0.135. The second-order valence-corrected chi connectivity index (χ2v) is 3.34. The van der Waals surface area contributed by atoms with Crippen LogP contribution in [0.3, 0.4) is 0 Å². The summed E-state index contributed by atoms with van der Waals surface area (Å²) in [4.78, 5) is 0. The molecule has 2 heteroatoms. The minimum Gasteiger partial charge on any atom is -0.380 e. The zero-order valence-corrected chi connectivity index (χ0v) is 6.55. The van der Waals surface area contributed by atoms with Gasteiger partial charge in [-0.15, -0.1) is 0 Å². The van der Waals surface area contributed by atoms with E-state index in [4.69, 9.17) is 10.00 Å². The molecule has 0 amide bonds. The van der Waals surface area contributed by atoms with E-state index in [1.165, 1.54) is 0 Å². The Hall–Kier alpha value is -0.550. The molecule has 0 bridgehead atoms. The van der Waals surface area contributed by atoms with Gasteiger partial charge in [0.05, 0.1) is 19.3 Å². The quantitative estimate of drug-likeness (QED) is 0.581. The molecule has 1 saturated heterocycles. The van der Waals surface area contributed by atoms with Crippen LogP contribution in [0.1, 0.15) is 20.3 Å². The maximum Gasteiger partial charge on any atom is 0.0629 e. The summed E-state index contributed by atoms with van der Waals surface area (Å²) in [7, 11) is 0. The van der Waals surface area contributed by atoms with E-state index in [1.54, 1.807) is 0 Å². The predicted molar refractivity (Wildman–Crippen MR) is 38.3 cm³/mol. The van der Waals surface area contributed by atoms with Crippen LogP contribution in [0.2, 0.25) is 0 Å². The van der Waals surface area contributed by atoms with Crippen LogP contribution >= 0.6 is 0 Å². The van der Waals surface area contributed by atoms with E-state index < -0.39 is 0 Å². The molecule has 0 aromatic heterocycles. The highest BCUT2D eigenvalue weighted by Crippen LogP contribution is 2.38. The summed E-state index contributed by atoms with van der Waals surface area (Å²) < 4.78 is 5.10. The van der Waals surface area contributed by atoms with Crippen LogP contribution in [0, 0.1) is 22.7 Å². The molecule has 2 nitrogen and oxygen atoms in total. The number of nitrogens with zero attached hydrogens (tertiary/aromatic N) is 1. The molecule has 0 aromatic rings. The molecule has 0 aliphatic carbocycles. The van der Waals surface area contributed by atoms with Gasteiger partial charge < -0.3 is 4.74 Å². The Balaban J connectivity index is 2.52. The number of ether oxygens (including phenoxy) is 1. The molecule has 0 N–H and O–H groups in total. The lowest BCUT2D eigenvalue weighted by Gasteiger charge is -2.43. The molecular formula is C8H13NO. The summed E-state index contributed by atoms with van der Waals surface area (Å²) in [5.74, 6) is 0.570. The Morgan fingerprint density at radius 3 is 2.30 bits per heavy atom. The van der Waals surface area contributed by atoms with Crippen LogP contribution in [-0.2, 0) is 4.74 Å². The Kier molecular flexibility index (Phi) is 1.96. The lowest BCUT2D eigenvalue weighted by Crippen LogP contribution is -2.46. The van der Waals surface area contributed by atoms with Crippen LogP contribution in [0.4, 0.5) is 0 Å². The first kappa shape index (κ1) is 7.56. The summed E-state index contributed by atoms with van der Waals surface area (Å²) in [5, 5.41) is 8.51. The molecule has 0 unspecified atom stereocenters. The molecule has 1 aliphatic rings. The molecule has 0 saturated carbocycles. The van der Waals surface area contributed by atoms with Crippen LogP contribution in [0.25, 0.3) is 0 Å². The van der Waals surface area contributed by atoms with Crippen molar-refractivity contribution in [2.24, 2.45) is 11.3 Å². The molecule has 1 fully saturated rings. The highest BCUT2D eigenvalue weighted by atomic mass is 16.5. The van der Waals surface area contributed by atoms with E-state index in [-0.39, 0.29) is 5.41 Å². The standard InChI is InChI=1S/C8H13NO/c1-7(2)8(3-4-9)5-10-6-8/h7H,3,5-6H2,1-2H3. The van der Waals surface area contributed by atoms with Crippen molar-refractivity contribution in [3.63, 3.8) is 0 Å². The third kappa shape index (κ3) is 1.02. The van der Waals surface area contributed by atoms with E-state index in [2.05, 4.69) is 19.9 Å². The molecular weight excluding hydrogens is 126 g/mol. The van der Waals surface area contributed by atoms with E-state index >= 15 is 0 Å². The lowest BCUT2D eigenvalue weighted by atomic mass is 9.73. The van der Waals surface area contributed by atoms with Crippen molar-refractivity contribution in [3.05, 3.63) is 0 Å². The molecule has 0 aromatic carbocycles. The SMILES string of the molecule is CC(C)C1(CC#N)COC1. The minimum atomic E-state index is 0.189. The Bertz CT molecular complexity index is 153. The number of hydrogen-bond donors (Lipinski definition) is 0. The van der Waals surface area contributed by atoms with Gasteiger partial charge >= 0.3 is 0 Å². The second kappa shape index (κ2) is 2.59. The van der Waals surface area contributed by atoms with Gasteiger partial charge in [0, 0.05) is 11.8 Å². The van der Waals surface area contributed by atoms with Gasteiger partial charge in [0.1, 0.15) is 0 Å². The normalized spacial score (nSPS) is 21.8. The van der Waals surface area contributed by atoms with Gasteiger partial charge in [-0.25, -0.2) is 0 Å². The van der Waals surface area contributed by atoms with Crippen LogP contribution in [0.15, 0.2) is 0 Å². The van der Waals surface area contributed by atoms with Gasteiger partial charge in [-0.1, -0.05) is 13.8 Å². The fourth-order valence-corrected chi connectivity index (χ4v) is 1.16. The number of rotatable bonds is 2.